The number of hydrogen-bond acceptors (Lipinski definition) is 6. The second-order valence-electron chi connectivity index (χ2n) is 12.8. The molecule has 196 valence electrons. The van der Waals surface area contributed by atoms with Crippen molar-refractivity contribution in [1.82, 2.24) is 0 Å². The maximum atomic E-state index is 14.4. The molecule has 1 aromatic rings. The normalized spacial score (nSPS) is 47.0. The van der Waals surface area contributed by atoms with Crippen molar-refractivity contribution in [3.8, 4) is 0 Å². The standard InChI is InChI=1S/C30H40O6/c1-17-16-30(34)22(23(17)36-20(31)13-12-18-10-8-7-9-11-18)24(32)28(4)15-14-19-21(27(19,2)3)25(35-6)29(28,5)26(30)33/h7-13,17,19,21-25,32,34H,14-16H2,1-6H3/t17-,19-,21-,22+,23-,24+,25+,28-,29+,30+/m0/s1. The van der Waals surface area contributed by atoms with E-state index in [0.717, 1.165) is 12.0 Å². The second-order valence-corrected chi connectivity index (χ2v) is 12.8. The quantitative estimate of drug-likeness (QED) is 0.483. The van der Waals surface area contributed by atoms with Crippen molar-refractivity contribution in [1.29, 1.82) is 0 Å². The van der Waals surface area contributed by atoms with E-state index in [1.165, 1.54) is 6.08 Å². The van der Waals surface area contributed by atoms with Crippen molar-refractivity contribution in [3.63, 3.8) is 0 Å². The Morgan fingerprint density at radius 1 is 1.11 bits per heavy atom. The predicted octanol–water partition coefficient (Wildman–Crippen LogP) is 4.04. The highest BCUT2D eigenvalue weighted by Crippen LogP contribution is 2.73. The number of Topliss-reactive ketones (excluding diaryl/α,β-unsaturated/α-hetero) is 1. The van der Waals surface area contributed by atoms with Gasteiger partial charge in [-0.15, -0.1) is 0 Å². The summed E-state index contributed by atoms with van der Waals surface area (Å²) in [6, 6.07) is 9.44. The molecule has 2 N–H and O–H groups in total. The fourth-order valence-electron chi connectivity index (χ4n) is 8.56. The minimum absolute atomic E-state index is 0.0574. The summed E-state index contributed by atoms with van der Waals surface area (Å²) in [5.74, 6) is -1.38. The molecule has 4 fully saturated rings. The molecule has 0 unspecified atom stereocenters. The van der Waals surface area contributed by atoms with Crippen molar-refractivity contribution in [2.75, 3.05) is 7.11 Å². The summed E-state index contributed by atoms with van der Waals surface area (Å²) in [6.45, 7) is 10.2. The van der Waals surface area contributed by atoms with Gasteiger partial charge in [-0.25, -0.2) is 4.79 Å². The van der Waals surface area contributed by atoms with E-state index >= 15 is 0 Å². The molecule has 0 radical (unpaired) electrons. The molecule has 0 saturated heterocycles. The fourth-order valence-corrected chi connectivity index (χ4v) is 8.56. The summed E-state index contributed by atoms with van der Waals surface area (Å²) in [5.41, 5.74) is -2.74. The zero-order valence-corrected chi connectivity index (χ0v) is 22.2. The number of ketones is 1. The molecule has 5 rings (SSSR count). The van der Waals surface area contributed by atoms with Gasteiger partial charge in [-0.3, -0.25) is 4.79 Å². The van der Waals surface area contributed by atoms with Crippen LogP contribution in [0.25, 0.3) is 6.08 Å². The van der Waals surface area contributed by atoms with Gasteiger partial charge in [0.1, 0.15) is 11.7 Å². The average molecular weight is 497 g/mol. The van der Waals surface area contributed by atoms with Crippen LogP contribution in [0.15, 0.2) is 36.4 Å². The molecular weight excluding hydrogens is 456 g/mol. The van der Waals surface area contributed by atoms with Crippen LogP contribution < -0.4 is 0 Å². The van der Waals surface area contributed by atoms with E-state index in [1.807, 2.05) is 51.1 Å². The van der Waals surface area contributed by atoms with Gasteiger partial charge in [0.05, 0.1) is 23.5 Å². The number of rotatable bonds is 4. The van der Waals surface area contributed by atoms with Gasteiger partial charge in [0, 0.05) is 18.6 Å². The lowest BCUT2D eigenvalue weighted by molar-refractivity contribution is -0.233. The third-order valence-electron chi connectivity index (χ3n) is 10.9. The van der Waals surface area contributed by atoms with Crippen molar-refractivity contribution in [2.24, 2.45) is 39.9 Å². The molecule has 0 heterocycles. The van der Waals surface area contributed by atoms with E-state index < -0.39 is 46.6 Å². The number of carbonyl (C=O) groups is 2. The number of fused-ring (bicyclic) bond motifs is 3. The Hall–Kier alpha value is -2.02. The highest BCUT2D eigenvalue weighted by atomic mass is 16.5. The molecule has 4 aliphatic rings. The van der Waals surface area contributed by atoms with Crippen LogP contribution in [0.5, 0.6) is 0 Å². The van der Waals surface area contributed by atoms with Gasteiger partial charge in [0.15, 0.2) is 5.78 Å². The lowest BCUT2D eigenvalue weighted by atomic mass is 9.46. The molecule has 6 heteroatoms. The molecule has 0 aliphatic heterocycles. The van der Waals surface area contributed by atoms with Crippen LogP contribution in [0.3, 0.4) is 0 Å². The lowest BCUT2D eigenvalue weighted by Gasteiger charge is -2.60. The Morgan fingerprint density at radius 3 is 2.42 bits per heavy atom. The van der Waals surface area contributed by atoms with Crippen LogP contribution in [0.4, 0.5) is 0 Å². The minimum atomic E-state index is -1.78. The monoisotopic (exact) mass is 496 g/mol. The molecule has 36 heavy (non-hydrogen) atoms. The second kappa shape index (κ2) is 8.24. The Labute approximate surface area is 214 Å². The number of aliphatic hydroxyl groups excluding tert-OH is 1. The third-order valence-corrected chi connectivity index (χ3v) is 10.9. The van der Waals surface area contributed by atoms with E-state index in [-0.39, 0.29) is 29.5 Å². The molecule has 6 nitrogen and oxygen atoms in total. The number of ether oxygens (including phenoxy) is 2. The summed E-state index contributed by atoms with van der Waals surface area (Å²) in [4.78, 5) is 27.2. The first-order valence-electron chi connectivity index (χ1n) is 13.3. The topological polar surface area (TPSA) is 93.1 Å². The van der Waals surface area contributed by atoms with Gasteiger partial charge < -0.3 is 19.7 Å². The van der Waals surface area contributed by atoms with Crippen LogP contribution in [0.2, 0.25) is 0 Å². The van der Waals surface area contributed by atoms with Crippen LogP contribution in [0, 0.1) is 39.9 Å². The van der Waals surface area contributed by atoms with E-state index in [1.54, 1.807) is 13.2 Å². The Morgan fingerprint density at radius 2 is 1.78 bits per heavy atom. The summed E-state index contributed by atoms with van der Waals surface area (Å²) < 4.78 is 11.9. The zero-order chi connectivity index (χ0) is 26.3. The third kappa shape index (κ3) is 3.26. The Balaban J connectivity index is 1.48. The summed E-state index contributed by atoms with van der Waals surface area (Å²) in [7, 11) is 1.64. The number of carbonyl (C=O) groups excluding carboxylic acids is 2. The summed E-state index contributed by atoms with van der Waals surface area (Å²) >= 11 is 0. The smallest absolute Gasteiger partial charge is 0.331 e. The molecular formula is C30H40O6. The van der Waals surface area contributed by atoms with E-state index in [2.05, 4.69) is 13.8 Å². The minimum Gasteiger partial charge on any atom is -0.458 e. The van der Waals surface area contributed by atoms with Crippen LogP contribution in [-0.4, -0.2) is 53.0 Å². The number of hydrogen-bond donors (Lipinski definition) is 2. The SMILES string of the molecule is CO[C@@H]1[C@@H]2[C@H](CC[C@@]3(C)[C@H](O)[C@H]4[C@@H](OC(=O)C=Cc5ccccc5)[C@@H](C)C[C@]4(O)C(=O)[C@@]13C)C2(C)C. The van der Waals surface area contributed by atoms with Crippen molar-refractivity contribution < 1.29 is 29.3 Å². The molecule has 1 aromatic carbocycles. The molecule has 4 aliphatic carbocycles. The van der Waals surface area contributed by atoms with Gasteiger partial charge in [0.2, 0.25) is 0 Å². The number of benzene rings is 1. The van der Waals surface area contributed by atoms with Gasteiger partial charge in [-0.05, 0) is 61.0 Å². The first-order chi connectivity index (χ1) is 16.8. The molecule has 0 aromatic heterocycles. The van der Waals surface area contributed by atoms with Crippen LogP contribution in [-0.2, 0) is 19.1 Å². The Kier molecular flexibility index (Phi) is 5.86. The van der Waals surface area contributed by atoms with E-state index in [9.17, 15) is 19.8 Å². The summed E-state index contributed by atoms with van der Waals surface area (Å²) in [6.07, 6.45) is 2.54. The average Bonchev–Trinajstić information content (AvgIpc) is 3.31. The van der Waals surface area contributed by atoms with Crippen molar-refractivity contribution in [3.05, 3.63) is 42.0 Å². The number of esters is 1. The molecule has 0 bridgehead atoms. The molecule has 0 spiro atoms. The van der Waals surface area contributed by atoms with Gasteiger partial charge >= 0.3 is 5.97 Å². The van der Waals surface area contributed by atoms with Crippen LogP contribution in [0.1, 0.15) is 59.4 Å². The molecule has 4 saturated carbocycles. The number of methoxy groups -OCH3 is 1. The lowest BCUT2D eigenvalue weighted by Crippen LogP contribution is -2.72. The maximum absolute atomic E-state index is 14.4. The zero-order valence-electron chi connectivity index (χ0n) is 22.2. The van der Waals surface area contributed by atoms with E-state index in [4.69, 9.17) is 9.47 Å². The van der Waals surface area contributed by atoms with Crippen LogP contribution >= 0.6 is 0 Å². The first kappa shape index (κ1) is 25.6. The van der Waals surface area contributed by atoms with Gasteiger partial charge in [0.25, 0.3) is 0 Å². The van der Waals surface area contributed by atoms with Gasteiger partial charge in [-0.1, -0.05) is 58.0 Å². The van der Waals surface area contributed by atoms with E-state index in [0.29, 0.717) is 12.3 Å². The van der Waals surface area contributed by atoms with Crippen molar-refractivity contribution in [2.45, 2.75) is 77.8 Å². The van der Waals surface area contributed by atoms with Crippen molar-refractivity contribution >= 4 is 17.8 Å². The first-order valence-corrected chi connectivity index (χ1v) is 13.3. The Bertz CT molecular complexity index is 1080. The highest BCUT2D eigenvalue weighted by molar-refractivity contribution is 5.96. The maximum Gasteiger partial charge on any atom is 0.331 e. The molecule has 0 amide bonds. The largest absolute Gasteiger partial charge is 0.458 e. The van der Waals surface area contributed by atoms with Gasteiger partial charge in [-0.2, -0.15) is 0 Å². The fraction of sp³-hybridized carbons (Fsp3) is 0.667. The highest BCUT2D eigenvalue weighted by Gasteiger charge is 2.79. The molecule has 10 atom stereocenters. The summed E-state index contributed by atoms with van der Waals surface area (Å²) in [5, 5.41) is 24.0. The predicted molar refractivity (Wildman–Crippen MR) is 136 cm³/mol. The number of aliphatic hydroxyl groups is 2.